The zero-order chi connectivity index (χ0) is 15.5. The molecule has 0 bridgehead atoms. The molecule has 0 amide bonds. The first kappa shape index (κ1) is 15.6. The summed E-state index contributed by atoms with van der Waals surface area (Å²) in [4.78, 5) is 4.13. The topological polar surface area (TPSA) is 85.1 Å². The molecule has 1 heterocycles. The van der Waals surface area contributed by atoms with Crippen LogP contribution in [-0.4, -0.2) is 13.4 Å². The number of aromatic nitrogens is 1. The minimum Gasteiger partial charge on any atom is -0.304 e. The van der Waals surface area contributed by atoms with Crippen LogP contribution in [0.15, 0.2) is 53.7 Å². The first-order chi connectivity index (χ1) is 9.88. The number of primary sulfonamides is 1. The van der Waals surface area contributed by atoms with Crippen molar-refractivity contribution >= 4 is 10.0 Å². The molecule has 0 saturated heterocycles. The molecular formula is C15H19N3O2S. The first-order valence-electron chi connectivity index (χ1n) is 6.66. The predicted molar refractivity (Wildman–Crippen MR) is 82.0 cm³/mol. The quantitative estimate of drug-likeness (QED) is 0.886. The van der Waals surface area contributed by atoms with Crippen molar-refractivity contribution in [3.8, 4) is 0 Å². The van der Waals surface area contributed by atoms with E-state index in [2.05, 4.69) is 17.2 Å². The Labute approximate surface area is 125 Å². The van der Waals surface area contributed by atoms with E-state index >= 15 is 0 Å². The monoisotopic (exact) mass is 305 g/mol. The molecule has 0 radical (unpaired) electrons. The molecule has 5 nitrogen and oxygen atoms in total. The molecule has 2 aromatic rings. The smallest absolute Gasteiger partial charge is 0.238 e. The molecule has 2 atom stereocenters. The van der Waals surface area contributed by atoms with Crippen molar-refractivity contribution in [2.45, 2.75) is 30.8 Å². The summed E-state index contributed by atoms with van der Waals surface area (Å²) < 4.78 is 22.8. The summed E-state index contributed by atoms with van der Waals surface area (Å²) in [5.74, 6) is 0. The highest BCUT2D eigenvalue weighted by atomic mass is 32.2. The molecule has 0 aliphatic carbocycles. The lowest BCUT2D eigenvalue weighted by Crippen LogP contribution is -2.23. The number of nitrogens with one attached hydrogen (secondary N) is 1. The lowest BCUT2D eigenvalue weighted by Gasteiger charge is -2.21. The molecule has 2 rings (SSSR count). The standard InChI is InChI=1S/C15H19N3O2S/c1-11(13-6-8-17-9-7-13)18-12(2)14-4-3-5-15(10-14)21(16,19)20/h3-12,18H,1-2H3,(H2,16,19,20). The Morgan fingerprint density at radius 2 is 1.67 bits per heavy atom. The first-order valence-corrected chi connectivity index (χ1v) is 8.21. The summed E-state index contributed by atoms with van der Waals surface area (Å²) in [5.41, 5.74) is 2.00. The van der Waals surface area contributed by atoms with Crippen LogP contribution in [0.25, 0.3) is 0 Å². The van der Waals surface area contributed by atoms with Crippen LogP contribution < -0.4 is 10.5 Å². The lowest BCUT2D eigenvalue weighted by molar-refractivity contribution is 0.493. The second-order valence-electron chi connectivity index (χ2n) is 5.01. The summed E-state index contributed by atoms with van der Waals surface area (Å²) >= 11 is 0. The molecular weight excluding hydrogens is 286 g/mol. The van der Waals surface area contributed by atoms with E-state index in [1.807, 2.05) is 25.1 Å². The van der Waals surface area contributed by atoms with Gasteiger partial charge in [0, 0.05) is 24.5 Å². The predicted octanol–water partition coefficient (Wildman–Crippen LogP) is 2.14. The van der Waals surface area contributed by atoms with Gasteiger partial charge >= 0.3 is 0 Å². The molecule has 0 fully saturated rings. The normalized spacial score (nSPS) is 14.6. The van der Waals surface area contributed by atoms with Crippen LogP contribution in [0.3, 0.4) is 0 Å². The highest BCUT2D eigenvalue weighted by Crippen LogP contribution is 2.20. The second kappa shape index (κ2) is 6.34. The van der Waals surface area contributed by atoms with Gasteiger partial charge in [-0.15, -0.1) is 0 Å². The Hall–Kier alpha value is -1.76. The number of nitrogens with zero attached hydrogens (tertiary/aromatic N) is 1. The third-order valence-electron chi connectivity index (χ3n) is 3.39. The largest absolute Gasteiger partial charge is 0.304 e. The number of nitrogens with two attached hydrogens (primary N) is 1. The molecule has 6 heteroatoms. The van der Waals surface area contributed by atoms with Crippen molar-refractivity contribution in [2.24, 2.45) is 5.14 Å². The fourth-order valence-electron chi connectivity index (χ4n) is 2.18. The zero-order valence-corrected chi connectivity index (χ0v) is 12.8. The van der Waals surface area contributed by atoms with Gasteiger partial charge in [0.05, 0.1) is 4.90 Å². The van der Waals surface area contributed by atoms with Gasteiger partial charge in [0.1, 0.15) is 0 Å². The van der Waals surface area contributed by atoms with E-state index in [1.54, 1.807) is 24.5 Å². The molecule has 2 unspecified atom stereocenters. The van der Waals surface area contributed by atoms with E-state index in [0.29, 0.717) is 0 Å². The number of benzene rings is 1. The maximum absolute atomic E-state index is 11.4. The number of pyridine rings is 1. The molecule has 0 aliphatic rings. The van der Waals surface area contributed by atoms with Gasteiger partial charge in [0.15, 0.2) is 0 Å². The summed E-state index contributed by atoms with van der Waals surface area (Å²) in [6.45, 7) is 4.04. The summed E-state index contributed by atoms with van der Waals surface area (Å²) in [6.07, 6.45) is 3.50. The molecule has 1 aromatic heterocycles. The molecule has 112 valence electrons. The minimum atomic E-state index is -3.68. The summed E-state index contributed by atoms with van der Waals surface area (Å²) in [5, 5.41) is 8.59. The Bertz CT molecular complexity index is 702. The number of hydrogen-bond acceptors (Lipinski definition) is 4. The van der Waals surface area contributed by atoms with E-state index in [1.165, 1.54) is 6.07 Å². The Morgan fingerprint density at radius 3 is 2.29 bits per heavy atom. The van der Waals surface area contributed by atoms with Crippen LogP contribution in [-0.2, 0) is 10.0 Å². The van der Waals surface area contributed by atoms with E-state index in [0.717, 1.165) is 11.1 Å². The van der Waals surface area contributed by atoms with Crippen molar-refractivity contribution in [2.75, 3.05) is 0 Å². The van der Waals surface area contributed by atoms with Gasteiger partial charge in [-0.1, -0.05) is 12.1 Å². The molecule has 0 spiro atoms. The van der Waals surface area contributed by atoms with E-state index < -0.39 is 10.0 Å². The van der Waals surface area contributed by atoms with E-state index in [-0.39, 0.29) is 17.0 Å². The fraction of sp³-hybridized carbons (Fsp3) is 0.267. The lowest BCUT2D eigenvalue weighted by atomic mass is 10.1. The van der Waals surface area contributed by atoms with E-state index in [4.69, 9.17) is 5.14 Å². The van der Waals surface area contributed by atoms with Gasteiger partial charge in [-0.3, -0.25) is 4.98 Å². The molecule has 1 aromatic carbocycles. The van der Waals surface area contributed by atoms with E-state index in [9.17, 15) is 8.42 Å². The van der Waals surface area contributed by atoms with Crippen LogP contribution in [0, 0.1) is 0 Å². The van der Waals surface area contributed by atoms with Crippen LogP contribution in [0.1, 0.15) is 37.1 Å². The third-order valence-corrected chi connectivity index (χ3v) is 4.30. The van der Waals surface area contributed by atoms with Gasteiger partial charge in [-0.05, 0) is 49.2 Å². The van der Waals surface area contributed by atoms with Crippen LogP contribution in [0.5, 0.6) is 0 Å². The molecule has 21 heavy (non-hydrogen) atoms. The van der Waals surface area contributed by atoms with Gasteiger partial charge in [-0.2, -0.15) is 0 Å². The highest BCUT2D eigenvalue weighted by Gasteiger charge is 2.14. The number of rotatable bonds is 5. The van der Waals surface area contributed by atoms with Crippen molar-refractivity contribution < 1.29 is 8.42 Å². The number of hydrogen-bond donors (Lipinski definition) is 2. The maximum atomic E-state index is 11.4. The average molecular weight is 305 g/mol. The Kier molecular flexibility index (Phi) is 4.72. The highest BCUT2D eigenvalue weighted by molar-refractivity contribution is 7.89. The third kappa shape index (κ3) is 4.10. The van der Waals surface area contributed by atoms with Gasteiger partial charge in [0.2, 0.25) is 10.0 Å². The van der Waals surface area contributed by atoms with Crippen LogP contribution >= 0.6 is 0 Å². The van der Waals surface area contributed by atoms with Crippen molar-refractivity contribution in [1.29, 1.82) is 0 Å². The SMILES string of the molecule is CC(NC(C)c1cccc(S(N)(=O)=O)c1)c1ccncc1. The Morgan fingerprint density at radius 1 is 1.05 bits per heavy atom. The molecule has 0 aliphatic heterocycles. The fourth-order valence-corrected chi connectivity index (χ4v) is 2.75. The van der Waals surface area contributed by atoms with Crippen molar-refractivity contribution in [3.63, 3.8) is 0 Å². The van der Waals surface area contributed by atoms with Crippen molar-refractivity contribution in [3.05, 3.63) is 59.9 Å². The Balaban J connectivity index is 2.16. The summed E-state index contributed by atoms with van der Waals surface area (Å²) in [7, 11) is -3.68. The second-order valence-corrected chi connectivity index (χ2v) is 6.57. The van der Waals surface area contributed by atoms with Crippen LogP contribution in [0.4, 0.5) is 0 Å². The van der Waals surface area contributed by atoms with Gasteiger partial charge < -0.3 is 5.32 Å². The zero-order valence-electron chi connectivity index (χ0n) is 12.0. The van der Waals surface area contributed by atoms with Crippen LogP contribution in [0.2, 0.25) is 0 Å². The molecule has 0 saturated carbocycles. The number of sulfonamides is 1. The van der Waals surface area contributed by atoms with Crippen molar-refractivity contribution in [1.82, 2.24) is 10.3 Å². The minimum absolute atomic E-state index is 0.00475. The molecule has 3 N–H and O–H groups in total. The maximum Gasteiger partial charge on any atom is 0.238 e. The summed E-state index contributed by atoms with van der Waals surface area (Å²) in [6, 6.07) is 10.7. The van der Waals surface area contributed by atoms with Gasteiger partial charge in [-0.25, -0.2) is 13.6 Å². The van der Waals surface area contributed by atoms with Gasteiger partial charge in [0.25, 0.3) is 0 Å². The average Bonchev–Trinajstić information content (AvgIpc) is 2.47.